The van der Waals surface area contributed by atoms with E-state index in [-0.39, 0.29) is 16.9 Å². The Kier molecular flexibility index (Phi) is 7.43. The second kappa shape index (κ2) is 9.84. The van der Waals surface area contributed by atoms with Crippen LogP contribution in [0.3, 0.4) is 0 Å². The van der Waals surface area contributed by atoms with Gasteiger partial charge in [0.25, 0.3) is 0 Å². The summed E-state index contributed by atoms with van der Waals surface area (Å²) < 4.78 is 19.8. The first kappa shape index (κ1) is 22.6. The van der Waals surface area contributed by atoms with Crippen molar-refractivity contribution in [3.05, 3.63) is 51.4 Å². The normalized spacial score (nSPS) is 17.1. The van der Waals surface area contributed by atoms with Crippen molar-refractivity contribution in [1.29, 1.82) is 0 Å². The van der Waals surface area contributed by atoms with Crippen molar-refractivity contribution in [2.24, 2.45) is 0 Å². The zero-order valence-corrected chi connectivity index (χ0v) is 18.8. The number of likely N-dealkylation sites (N-methyl/N-ethyl adjacent to an activating group) is 1. The average molecular weight is 451 g/mol. The number of aromatic nitrogens is 1. The summed E-state index contributed by atoms with van der Waals surface area (Å²) in [5.74, 6) is 6.42. The molecule has 0 spiro atoms. The second-order valence-electron chi connectivity index (χ2n) is 7.41. The van der Waals surface area contributed by atoms with Gasteiger partial charge in [-0.2, -0.15) is 0 Å². The Morgan fingerprint density at radius 1 is 1.20 bits per heavy atom. The van der Waals surface area contributed by atoms with Gasteiger partial charge in [-0.1, -0.05) is 35.0 Å². The second-order valence-corrected chi connectivity index (χ2v) is 8.19. The highest BCUT2D eigenvalue weighted by molar-refractivity contribution is 6.36. The van der Waals surface area contributed by atoms with Gasteiger partial charge in [0, 0.05) is 54.6 Å². The standard InChI is InChI=1S/C22H25Cl2FN4O/c1-14(29-10-8-28(3)9-11-29)4-5-16-12-19(22(26)27-13-16)30-15(2)20-17(23)6-7-18(25)21(20)24/h6-7,12-15H,8-11H2,1-3H3,(H2,26,27)/t14?,15-/m1/s1. The van der Waals surface area contributed by atoms with E-state index in [2.05, 4.69) is 40.6 Å². The van der Waals surface area contributed by atoms with Gasteiger partial charge in [0.1, 0.15) is 11.9 Å². The number of nitrogens with two attached hydrogens (primary N) is 1. The molecule has 0 radical (unpaired) electrons. The fraction of sp³-hybridized carbons (Fsp3) is 0.409. The molecular formula is C22H25Cl2FN4O. The Morgan fingerprint density at radius 2 is 1.90 bits per heavy atom. The van der Waals surface area contributed by atoms with Crippen LogP contribution < -0.4 is 10.5 Å². The van der Waals surface area contributed by atoms with Gasteiger partial charge in [-0.25, -0.2) is 9.37 Å². The monoisotopic (exact) mass is 450 g/mol. The van der Waals surface area contributed by atoms with Gasteiger partial charge in [-0.05, 0) is 33.0 Å². The predicted molar refractivity (Wildman–Crippen MR) is 120 cm³/mol. The van der Waals surface area contributed by atoms with Crippen molar-refractivity contribution in [1.82, 2.24) is 14.8 Å². The first-order chi connectivity index (χ1) is 14.3. The van der Waals surface area contributed by atoms with Crippen LogP contribution in [0.1, 0.15) is 31.1 Å². The third-order valence-corrected chi connectivity index (χ3v) is 5.90. The van der Waals surface area contributed by atoms with Gasteiger partial charge in [-0.15, -0.1) is 0 Å². The maximum absolute atomic E-state index is 13.8. The number of ether oxygens (including phenoxy) is 1. The molecule has 8 heteroatoms. The predicted octanol–water partition coefficient (Wildman–Crippen LogP) is 4.24. The van der Waals surface area contributed by atoms with E-state index in [0.29, 0.717) is 21.9 Å². The van der Waals surface area contributed by atoms with Gasteiger partial charge in [0.05, 0.1) is 11.1 Å². The molecule has 1 aromatic carbocycles. The number of benzene rings is 1. The Hall–Kier alpha value is -2.04. The third-order valence-electron chi connectivity index (χ3n) is 5.18. The molecule has 0 amide bonds. The van der Waals surface area contributed by atoms with Gasteiger partial charge < -0.3 is 15.4 Å². The number of pyridine rings is 1. The number of nitrogens with zero attached hydrogens (tertiary/aromatic N) is 3. The molecule has 1 unspecified atom stereocenters. The molecule has 0 aliphatic carbocycles. The van der Waals surface area contributed by atoms with Gasteiger partial charge in [-0.3, -0.25) is 4.90 Å². The summed E-state index contributed by atoms with van der Waals surface area (Å²) in [5, 5.41) is 0.246. The fourth-order valence-corrected chi connectivity index (χ4v) is 3.95. The molecule has 2 aromatic rings. The lowest BCUT2D eigenvalue weighted by Gasteiger charge is -2.34. The van der Waals surface area contributed by atoms with Gasteiger partial charge in [0.15, 0.2) is 11.6 Å². The molecule has 2 atom stereocenters. The molecule has 0 bridgehead atoms. The van der Waals surface area contributed by atoms with Crippen LogP contribution in [0.4, 0.5) is 10.2 Å². The minimum Gasteiger partial charge on any atom is -0.482 e. The molecule has 1 saturated heterocycles. The molecule has 2 heterocycles. The molecular weight excluding hydrogens is 426 g/mol. The van der Waals surface area contributed by atoms with E-state index in [1.807, 2.05) is 0 Å². The number of anilines is 1. The topological polar surface area (TPSA) is 54.6 Å². The average Bonchev–Trinajstić information content (AvgIpc) is 2.72. The highest BCUT2D eigenvalue weighted by Crippen LogP contribution is 2.35. The minimum atomic E-state index is -0.628. The quantitative estimate of drug-likeness (QED) is 0.557. The minimum absolute atomic E-state index is 0.0709. The van der Waals surface area contributed by atoms with Crippen LogP contribution in [-0.2, 0) is 0 Å². The maximum atomic E-state index is 13.8. The Balaban J connectivity index is 1.76. The van der Waals surface area contributed by atoms with Crippen molar-refractivity contribution in [2.45, 2.75) is 26.0 Å². The van der Waals surface area contributed by atoms with Crippen molar-refractivity contribution in [3.8, 4) is 17.6 Å². The maximum Gasteiger partial charge on any atom is 0.166 e. The molecule has 30 heavy (non-hydrogen) atoms. The van der Waals surface area contributed by atoms with E-state index in [1.54, 1.807) is 19.2 Å². The Morgan fingerprint density at radius 3 is 2.60 bits per heavy atom. The lowest BCUT2D eigenvalue weighted by Crippen LogP contribution is -2.47. The molecule has 5 nitrogen and oxygen atoms in total. The SMILES string of the molecule is CC(C#Cc1cnc(N)c(O[C@H](C)c2c(Cl)ccc(F)c2Cl)c1)N1CCN(C)CC1. The number of rotatable bonds is 4. The Labute approximate surface area is 186 Å². The first-order valence-corrected chi connectivity index (χ1v) is 10.5. The van der Waals surface area contributed by atoms with E-state index >= 15 is 0 Å². The molecule has 1 fully saturated rings. The largest absolute Gasteiger partial charge is 0.482 e. The summed E-state index contributed by atoms with van der Waals surface area (Å²) in [7, 11) is 2.13. The van der Waals surface area contributed by atoms with E-state index in [4.69, 9.17) is 33.7 Å². The molecule has 2 N–H and O–H groups in total. The molecule has 1 aromatic heterocycles. The summed E-state index contributed by atoms with van der Waals surface area (Å²) in [5.41, 5.74) is 7.01. The number of hydrogen-bond donors (Lipinski definition) is 1. The van der Waals surface area contributed by atoms with Gasteiger partial charge >= 0.3 is 0 Å². The van der Waals surface area contributed by atoms with Crippen LogP contribution in [-0.4, -0.2) is 54.1 Å². The van der Waals surface area contributed by atoms with Crippen molar-refractivity contribution >= 4 is 29.0 Å². The first-order valence-electron chi connectivity index (χ1n) is 9.76. The van der Waals surface area contributed by atoms with Crippen molar-refractivity contribution in [3.63, 3.8) is 0 Å². The molecule has 3 rings (SSSR count). The summed E-state index contributed by atoms with van der Waals surface area (Å²) in [4.78, 5) is 8.84. The summed E-state index contributed by atoms with van der Waals surface area (Å²) in [6.07, 6.45) is 0.982. The molecule has 1 aliphatic heterocycles. The number of halogens is 3. The van der Waals surface area contributed by atoms with Crippen LogP contribution in [0.25, 0.3) is 0 Å². The molecule has 1 aliphatic rings. The highest BCUT2D eigenvalue weighted by Gasteiger charge is 2.20. The summed E-state index contributed by atoms with van der Waals surface area (Å²) in [6, 6.07) is 4.52. The number of piperazine rings is 1. The van der Waals surface area contributed by atoms with Crippen LogP contribution in [0.15, 0.2) is 24.4 Å². The smallest absolute Gasteiger partial charge is 0.166 e. The van der Waals surface area contributed by atoms with E-state index in [1.165, 1.54) is 12.1 Å². The lowest BCUT2D eigenvalue weighted by molar-refractivity contribution is 0.139. The zero-order valence-electron chi connectivity index (χ0n) is 17.3. The fourth-order valence-electron chi connectivity index (χ4n) is 3.27. The molecule has 160 valence electrons. The summed E-state index contributed by atoms with van der Waals surface area (Å²) >= 11 is 12.3. The van der Waals surface area contributed by atoms with Crippen LogP contribution in [0.5, 0.6) is 5.75 Å². The Bertz CT molecular complexity index is 968. The van der Waals surface area contributed by atoms with Crippen LogP contribution in [0, 0.1) is 17.7 Å². The third kappa shape index (κ3) is 5.35. The van der Waals surface area contributed by atoms with Crippen molar-refractivity contribution < 1.29 is 9.13 Å². The van der Waals surface area contributed by atoms with E-state index in [9.17, 15) is 4.39 Å². The number of hydrogen-bond acceptors (Lipinski definition) is 5. The molecule has 0 saturated carbocycles. The number of nitrogen functional groups attached to an aromatic ring is 1. The summed E-state index contributed by atoms with van der Waals surface area (Å²) in [6.45, 7) is 7.88. The van der Waals surface area contributed by atoms with Crippen molar-refractivity contribution in [2.75, 3.05) is 39.0 Å². The zero-order chi connectivity index (χ0) is 21.8. The highest BCUT2D eigenvalue weighted by atomic mass is 35.5. The lowest BCUT2D eigenvalue weighted by atomic mass is 10.1. The van der Waals surface area contributed by atoms with Gasteiger partial charge in [0.2, 0.25) is 0 Å². The van der Waals surface area contributed by atoms with E-state index < -0.39 is 11.9 Å². The van der Waals surface area contributed by atoms with Crippen LogP contribution >= 0.6 is 23.2 Å². The van der Waals surface area contributed by atoms with Crippen LogP contribution in [0.2, 0.25) is 10.0 Å². The van der Waals surface area contributed by atoms with E-state index in [0.717, 1.165) is 26.2 Å².